The highest BCUT2D eigenvalue weighted by molar-refractivity contribution is 8.00. The lowest BCUT2D eigenvalue weighted by Crippen LogP contribution is -2.28. The molecule has 10 heteroatoms. The van der Waals surface area contributed by atoms with Crippen LogP contribution in [0.25, 0.3) is 22.2 Å². The summed E-state index contributed by atoms with van der Waals surface area (Å²) in [5, 5.41) is 11.1. The van der Waals surface area contributed by atoms with E-state index in [0.717, 1.165) is 50.1 Å². The molecule has 1 N–H and O–H groups in total. The first-order valence-corrected chi connectivity index (χ1v) is 16.5. The zero-order valence-corrected chi connectivity index (χ0v) is 29.0. The zero-order chi connectivity index (χ0) is 35.0. The molecule has 0 spiro atoms. The molecular formula is C38H40F3N3O3S. The lowest BCUT2D eigenvalue weighted by atomic mass is 9.88. The van der Waals surface area contributed by atoms with Gasteiger partial charge in [0.25, 0.3) is 0 Å². The van der Waals surface area contributed by atoms with Crippen LogP contribution in [0.1, 0.15) is 68.4 Å². The third kappa shape index (κ3) is 7.86. The Morgan fingerprint density at radius 3 is 2.29 bits per heavy atom. The van der Waals surface area contributed by atoms with Crippen LogP contribution in [-0.2, 0) is 30.5 Å². The molecule has 48 heavy (non-hydrogen) atoms. The number of aromatic nitrogens is 3. The van der Waals surface area contributed by atoms with Crippen molar-refractivity contribution in [1.82, 2.24) is 14.5 Å². The number of aryl methyl sites for hydroxylation is 2. The van der Waals surface area contributed by atoms with Gasteiger partial charge in [0.1, 0.15) is 12.4 Å². The fourth-order valence-electron chi connectivity index (χ4n) is 5.45. The summed E-state index contributed by atoms with van der Waals surface area (Å²) in [7, 11) is 0. The fraction of sp³-hybridized carbons (Fsp3) is 0.342. The molecule has 2 aromatic carbocycles. The standard InChI is InChI=1S/C38H40F3N3O3S/c1-23-10-15-27(43-24(23)2)22-47-28-16-17-31-29(19-28)34(48-36(3,4)5)32(20-37(6,7)35(45)46)44(31)21-25-11-13-26(14-12-25)33-30(38(39,40)41)9-8-18-42-33/h8-19H,20-22H2,1-7H3,(H,45,46). The molecule has 3 heterocycles. The average molecular weight is 676 g/mol. The molecule has 3 aromatic heterocycles. The van der Waals surface area contributed by atoms with Gasteiger partial charge in [-0.15, -0.1) is 11.8 Å². The Balaban J connectivity index is 1.59. The maximum atomic E-state index is 13.7. The van der Waals surface area contributed by atoms with Gasteiger partial charge in [-0.3, -0.25) is 14.8 Å². The van der Waals surface area contributed by atoms with E-state index in [1.807, 2.05) is 44.2 Å². The minimum absolute atomic E-state index is 0.126. The summed E-state index contributed by atoms with van der Waals surface area (Å²) in [4.78, 5) is 22.0. The van der Waals surface area contributed by atoms with E-state index in [9.17, 15) is 23.1 Å². The molecule has 0 bridgehead atoms. The molecule has 0 radical (unpaired) electrons. The van der Waals surface area contributed by atoms with Crippen molar-refractivity contribution in [3.05, 3.63) is 107 Å². The maximum Gasteiger partial charge on any atom is 0.418 e. The Hall–Kier alpha value is -4.31. The first kappa shape index (κ1) is 35.0. The molecule has 0 fully saturated rings. The van der Waals surface area contributed by atoms with E-state index in [1.165, 1.54) is 12.3 Å². The number of carboxylic acid groups (broad SMARTS) is 1. The smallest absolute Gasteiger partial charge is 0.418 e. The number of carboxylic acids is 1. The second-order valence-electron chi connectivity index (χ2n) is 13.7. The molecule has 0 saturated carbocycles. The van der Waals surface area contributed by atoms with Crippen molar-refractivity contribution in [2.75, 3.05) is 0 Å². The van der Waals surface area contributed by atoms with Gasteiger partial charge < -0.3 is 14.4 Å². The van der Waals surface area contributed by atoms with Crippen LogP contribution >= 0.6 is 11.8 Å². The number of thioether (sulfide) groups is 1. The highest BCUT2D eigenvalue weighted by Crippen LogP contribution is 2.44. The summed E-state index contributed by atoms with van der Waals surface area (Å²) in [6, 6.07) is 19.1. The van der Waals surface area contributed by atoms with E-state index in [1.54, 1.807) is 49.9 Å². The van der Waals surface area contributed by atoms with Gasteiger partial charge >= 0.3 is 12.1 Å². The number of rotatable bonds is 10. The first-order valence-electron chi connectivity index (χ1n) is 15.7. The van der Waals surface area contributed by atoms with Crippen molar-refractivity contribution < 1.29 is 27.8 Å². The van der Waals surface area contributed by atoms with Crippen LogP contribution in [0.5, 0.6) is 5.75 Å². The van der Waals surface area contributed by atoms with Gasteiger partial charge in [0.2, 0.25) is 0 Å². The molecule has 6 nitrogen and oxygen atoms in total. The SMILES string of the molecule is Cc1ccc(COc2ccc3c(c2)c(SC(C)(C)C)c(CC(C)(C)C(=O)O)n3Cc2ccc(-c3ncccc3C(F)(F)F)cc2)nc1C. The summed E-state index contributed by atoms with van der Waals surface area (Å²) >= 11 is 1.67. The molecule has 0 saturated heterocycles. The third-order valence-corrected chi connectivity index (χ3v) is 9.44. The predicted molar refractivity (Wildman–Crippen MR) is 184 cm³/mol. The Bertz CT molecular complexity index is 1960. The van der Waals surface area contributed by atoms with Crippen LogP contribution in [0.15, 0.2) is 77.8 Å². The number of hydrogen-bond acceptors (Lipinski definition) is 5. The molecule has 5 aromatic rings. The van der Waals surface area contributed by atoms with Gasteiger partial charge in [-0.2, -0.15) is 13.2 Å². The predicted octanol–water partition coefficient (Wildman–Crippen LogP) is 9.91. The van der Waals surface area contributed by atoms with Crippen molar-refractivity contribution in [1.29, 1.82) is 0 Å². The highest BCUT2D eigenvalue weighted by Gasteiger charge is 2.35. The molecule has 0 aliphatic carbocycles. The number of halogens is 3. The van der Waals surface area contributed by atoms with Crippen LogP contribution in [0, 0.1) is 19.3 Å². The largest absolute Gasteiger partial charge is 0.487 e. The second kappa shape index (κ2) is 13.3. The van der Waals surface area contributed by atoms with E-state index in [4.69, 9.17) is 4.74 Å². The summed E-state index contributed by atoms with van der Waals surface area (Å²) < 4.78 is 49.2. The van der Waals surface area contributed by atoms with Gasteiger partial charge in [0.05, 0.1) is 22.4 Å². The monoisotopic (exact) mass is 675 g/mol. The average Bonchev–Trinajstić information content (AvgIpc) is 3.26. The summed E-state index contributed by atoms with van der Waals surface area (Å²) in [6.07, 6.45) is -2.91. The number of carbonyl (C=O) groups is 1. The van der Waals surface area contributed by atoms with Crippen molar-refractivity contribution in [3.63, 3.8) is 0 Å². The van der Waals surface area contributed by atoms with Gasteiger partial charge in [0.15, 0.2) is 0 Å². The molecule has 0 amide bonds. The third-order valence-electron chi connectivity index (χ3n) is 8.16. The quantitative estimate of drug-likeness (QED) is 0.149. The first-order chi connectivity index (χ1) is 22.4. The summed E-state index contributed by atoms with van der Waals surface area (Å²) in [6.45, 7) is 14.4. The van der Waals surface area contributed by atoms with E-state index in [-0.39, 0.29) is 16.9 Å². The minimum Gasteiger partial charge on any atom is -0.487 e. The van der Waals surface area contributed by atoms with Crippen LogP contribution in [-0.4, -0.2) is 30.4 Å². The Labute approximate surface area is 283 Å². The Morgan fingerprint density at radius 2 is 1.67 bits per heavy atom. The fourth-order valence-corrected chi connectivity index (χ4v) is 6.64. The molecule has 0 aliphatic heterocycles. The van der Waals surface area contributed by atoms with Crippen molar-refractivity contribution in [3.8, 4) is 17.0 Å². The van der Waals surface area contributed by atoms with Crippen LogP contribution in [0.2, 0.25) is 0 Å². The van der Waals surface area contributed by atoms with Crippen molar-refractivity contribution in [2.45, 2.75) is 83.9 Å². The molecule has 252 valence electrons. The van der Waals surface area contributed by atoms with Gasteiger partial charge in [-0.05, 0) is 75.2 Å². The van der Waals surface area contributed by atoms with Gasteiger partial charge in [-0.25, -0.2) is 0 Å². The van der Waals surface area contributed by atoms with E-state index in [0.29, 0.717) is 24.5 Å². The maximum absolute atomic E-state index is 13.7. The number of benzene rings is 2. The van der Waals surface area contributed by atoms with Gasteiger partial charge in [0, 0.05) is 56.7 Å². The van der Waals surface area contributed by atoms with Crippen molar-refractivity contribution in [2.24, 2.45) is 5.41 Å². The Kier molecular flexibility index (Phi) is 9.70. The van der Waals surface area contributed by atoms with Crippen LogP contribution < -0.4 is 4.74 Å². The van der Waals surface area contributed by atoms with E-state index < -0.39 is 23.1 Å². The number of hydrogen-bond donors (Lipinski definition) is 1. The number of pyridine rings is 2. The molecular weight excluding hydrogens is 635 g/mol. The number of ether oxygens (including phenoxy) is 1. The minimum atomic E-state index is -4.53. The van der Waals surface area contributed by atoms with Gasteiger partial charge in [-0.1, -0.05) is 51.1 Å². The molecule has 0 atom stereocenters. The van der Waals surface area contributed by atoms with E-state index in [2.05, 4.69) is 35.3 Å². The molecule has 5 rings (SSSR count). The van der Waals surface area contributed by atoms with E-state index >= 15 is 0 Å². The second-order valence-corrected chi connectivity index (χ2v) is 15.5. The Morgan fingerprint density at radius 1 is 0.958 bits per heavy atom. The number of aliphatic carboxylic acids is 1. The normalized spacial score (nSPS) is 12.5. The summed E-state index contributed by atoms with van der Waals surface area (Å²) in [5.41, 5.74) is 3.89. The lowest BCUT2D eigenvalue weighted by Gasteiger charge is -2.24. The number of fused-ring (bicyclic) bond motifs is 1. The molecule has 0 unspecified atom stereocenters. The van der Waals surface area contributed by atoms with Crippen molar-refractivity contribution >= 4 is 28.6 Å². The number of alkyl halides is 3. The number of nitrogens with zero attached hydrogens (tertiary/aromatic N) is 3. The van der Waals surface area contributed by atoms with Crippen LogP contribution in [0.4, 0.5) is 13.2 Å². The summed E-state index contributed by atoms with van der Waals surface area (Å²) in [5.74, 6) is -0.240. The zero-order valence-electron chi connectivity index (χ0n) is 28.2. The topological polar surface area (TPSA) is 77.2 Å². The van der Waals surface area contributed by atoms with Crippen LogP contribution in [0.3, 0.4) is 0 Å². The highest BCUT2D eigenvalue weighted by atomic mass is 32.2. The molecule has 0 aliphatic rings. The lowest BCUT2D eigenvalue weighted by molar-refractivity contribution is -0.147.